The summed E-state index contributed by atoms with van der Waals surface area (Å²) in [5.41, 5.74) is 2.04. The number of benzene rings is 2. The highest BCUT2D eigenvalue weighted by atomic mass is 16.5. The van der Waals surface area contributed by atoms with Crippen LogP contribution in [0.4, 0.5) is 10.5 Å². The fourth-order valence-electron chi connectivity index (χ4n) is 3.50. The van der Waals surface area contributed by atoms with Gasteiger partial charge in [0, 0.05) is 23.4 Å². The van der Waals surface area contributed by atoms with Crippen molar-refractivity contribution in [3.8, 4) is 5.75 Å². The van der Waals surface area contributed by atoms with E-state index >= 15 is 0 Å². The minimum atomic E-state index is -0.231. The van der Waals surface area contributed by atoms with E-state index in [4.69, 9.17) is 9.15 Å². The second-order valence-corrected chi connectivity index (χ2v) is 6.25. The molecule has 1 aliphatic rings. The lowest BCUT2D eigenvalue weighted by atomic mass is 10.1. The van der Waals surface area contributed by atoms with E-state index in [1.807, 2.05) is 30.3 Å². The molecule has 1 atom stereocenters. The summed E-state index contributed by atoms with van der Waals surface area (Å²) in [6.07, 6.45) is 1.72. The number of aliphatic hydroxyl groups excluding tert-OH is 1. The van der Waals surface area contributed by atoms with Crippen LogP contribution in [0.1, 0.15) is 12.8 Å². The Morgan fingerprint density at radius 1 is 1.32 bits per heavy atom. The molecular formula is C19H20N2O4. The minimum absolute atomic E-state index is 0.0207. The van der Waals surface area contributed by atoms with E-state index < -0.39 is 0 Å². The predicted octanol–water partition coefficient (Wildman–Crippen LogP) is 3.58. The third-order valence-electron chi connectivity index (χ3n) is 4.79. The van der Waals surface area contributed by atoms with Gasteiger partial charge in [-0.3, -0.25) is 0 Å². The summed E-state index contributed by atoms with van der Waals surface area (Å²) in [5, 5.41) is 14.3. The van der Waals surface area contributed by atoms with Crippen LogP contribution in [0.3, 0.4) is 0 Å². The monoisotopic (exact) mass is 340 g/mol. The third-order valence-corrected chi connectivity index (χ3v) is 4.79. The van der Waals surface area contributed by atoms with E-state index in [1.54, 1.807) is 18.1 Å². The van der Waals surface area contributed by atoms with Gasteiger partial charge in [0.25, 0.3) is 0 Å². The average molecular weight is 340 g/mol. The zero-order valence-corrected chi connectivity index (χ0v) is 14.0. The normalized spacial score (nSPS) is 17.4. The van der Waals surface area contributed by atoms with E-state index in [9.17, 15) is 9.90 Å². The molecular weight excluding hydrogens is 320 g/mol. The summed E-state index contributed by atoms with van der Waals surface area (Å²) >= 11 is 0. The number of methoxy groups -OCH3 is 1. The number of amides is 2. The first-order valence-corrected chi connectivity index (χ1v) is 8.39. The quantitative estimate of drug-likeness (QED) is 0.764. The van der Waals surface area contributed by atoms with Crippen LogP contribution in [0, 0.1) is 0 Å². The minimum Gasteiger partial charge on any atom is -0.495 e. The third kappa shape index (κ3) is 2.68. The number of nitrogens with one attached hydrogen (secondary N) is 1. The van der Waals surface area contributed by atoms with Crippen molar-refractivity contribution in [2.24, 2.45) is 0 Å². The van der Waals surface area contributed by atoms with Gasteiger partial charge >= 0.3 is 6.03 Å². The Morgan fingerprint density at radius 3 is 2.96 bits per heavy atom. The Hall–Kier alpha value is -2.73. The van der Waals surface area contributed by atoms with Gasteiger partial charge in [-0.2, -0.15) is 0 Å². The van der Waals surface area contributed by atoms with Crippen LogP contribution in [0.2, 0.25) is 0 Å². The molecule has 3 aromatic rings. The number of furan rings is 1. The molecule has 2 heterocycles. The highest BCUT2D eigenvalue weighted by Gasteiger charge is 2.28. The van der Waals surface area contributed by atoms with Crippen LogP contribution in [0.25, 0.3) is 21.9 Å². The number of urea groups is 1. The highest BCUT2D eigenvalue weighted by Crippen LogP contribution is 2.36. The predicted molar refractivity (Wildman–Crippen MR) is 96.1 cm³/mol. The number of nitrogens with zero attached hydrogens (tertiary/aromatic N) is 1. The number of aliphatic hydroxyl groups is 1. The molecule has 1 saturated heterocycles. The number of likely N-dealkylation sites (tertiary alicyclic amines) is 1. The van der Waals surface area contributed by atoms with Gasteiger partial charge in [0.2, 0.25) is 0 Å². The van der Waals surface area contributed by atoms with Crippen LogP contribution < -0.4 is 10.1 Å². The first-order chi connectivity index (χ1) is 12.2. The second kappa shape index (κ2) is 6.29. The number of anilines is 1. The Kier molecular flexibility index (Phi) is 3.97. The largest absolute Gasteiger partial charge is 0.495 e. The van der Waals surface area contributed by atoms with Gasteiger partial charge in [-0.1, -0.05) is 18.2 Å². The first-order valence-electron chi connectivity index (χ1n) is 8.39. The van der Waals surface area contributed by atoms with E-state index in [1.165, 1.54) is 0 Å². The number of para-hydroxylation sites is 1. The van der Waals surface area contributed by atoms with Crippen molar-refractivity contribution in [1.82, 2.24) is 4.90 Å². The summed E-state index contributed by atoms with van der Waals surface area (Å²) < 4.78 is 11.3. The van der Waals surface area contributed by atoms with Crippen LogP contribution >= 0.6 is 0 Å². The van der Waals surface area contributed by atoms with Crippen LogP contribution in [0.5, 0.6) is 5.75 Å². The van der Waals surface area contributed by atoms with E-state index in [0.29, 0.717) is 23.6 Å². The highest BCUT2D eigenvalue weighted by molar-refractivity contribution is 6.07. The standard InChI is InChI=1S/C19H20N2O4/c1-24-18-9-14-13-6-2-3-7-16(13)25-17(14)10-15(18)20-19(23)21-8-4-5-12(21)11-22/h2-3,6-7,9-10,12,22H,4-5,8,11H2,1H3,(H,20,23)/t12-/m1/s1. The smallest absolute Gasteiger partial charge is 0.322 e. The van der Waals surface area contributed by atoms with Crippen LogP contribution in [-0.4, -0.2) is 42.3 Å². The molecule has 1 aliphatic heterocycles. The summed E-state index contributed by atoms with van der Waals surface area (Å²) in [6.45, 7) is 0.624. The number of carbonyl (C=O) groups is 1. The average Bonchev–Trinajstić information content (AvgIpc) is 3.24. The number of hydrogen-bond acceptors (Lipinski definition) is 4. The maximum Gasteiger partial charge on any atom is 0.322 e. The lowest BCUT2D eigenvalue weighted by molar-refractivity contribution is 0.166. The molecule has 6 heteroatoms. The zero-order valence-electron chi connectivity index (χ0n) is 14.0. The number of hydrogen-bond donors (Lipinski definition) is 2. The molecule has 0 radical (unpaired) electrons. The zero-order chi connectivity index (χ0) is 17.4. The Labute approximate surface area is 145 Å². The van der Waals surface area contributed by atoms with E-state index in [0.717, 1.165) is 29.2 Å². The van der Waals surface area contributed by atoms with Crippen LogP contribution in [-0.2, 0) is 0 Å². The summed E-state index contributed by atoms with van der Waals surface area (Å²) in [4.78, 5) is 14.2. The Balaban J connectivity index is 1.71. The molecule has 0 unspecified atom stereocenters. The Bertz CT molecular complexity index is 934. The van der Waals surface area contributed by atoms with Crippen LogP contribution in [0.15, 0.2) is 40.8 Å². The molecule has 25 heavy (non-hydrogen) atoms. The maximum atomic E-state index is 12.6. The van der Waals surface area contributed by atoms with Gasteiger partial charge in [0.05, 0.1) is 25.4 Å². The number of fused-ring (bicyclic) bond motifs is 3. The summed E-state index contributed by atoms with van der Waals surface area (Å²) in [6, 6.07) is 11.1. The fourth-order valence-corrected chi connectivity index (χ4v) is 3.50. The molecule has 6 nitrogen and oxygen atoms in total. The molecule has 2 aromatic carbocycles. The van der Waals surface area contributed by atoms with Gasteiger partial charge < -0.3 is 24.5 Å². The SMILES string of the molecule is COc1cc2c(cc1NC(=O)N1CCC[C@@H]1CO)oc1ccccc12. The van der Waals surface area contributed by atoms with Gasteiger partial charge in [0.15, 0.2) is 0 Å². The fraction of sp³-hybridized carbons (Fsp3) is 0.316. The van der Waals surface area contributed by atoms with E-state index in [-0.39, 0.29) is 18.7 Å². The molecule has 2 amide bonds. The molecule has 0 bridgehead atoms. The first kappa shape index (κ1) is 15.8. The van der Waals surface area contributed by atoms with Crippen molar-refractivity contribution in [3.05, 3.63) is 36.4 Å². The lowest BCUT2D eigenvalue weighted by Crippen LogP contribution is -2.40. The number of ether oxygens (including phenoxy) is 1. The number of rotatable bonds is 3. The van der Waals surface area contributed by atoms with E-state index in [2.05, 4.69) is 5.32 Å². The van der Waals surface area contributed by atoms with Crippen molar-refractivity contribution in [1.29, 1.82) is 0 Å². The summed E-state index contributed by atoms with van der Waals surface area (Å²) in [7, 11) is 1.57. The summed E-state index contributed by atoms with van der Waals surface area (Å²) in [5.74, 6) is 0.576. The second-order valence-electron chi connectivity index (χ2n) is 6.25. The Morgan fingerprint density at radius 2 is 2.16 bits per heavy atom. The van der Waals surface area contributed by atoms with Gasteiger partial charge in [-0.05, 0) is 25.0 Å². The number of carbonyl (C=O) groups excluding carboxylic acids is 1. The van der Waals surface area contributed by atoms with Crippen molar-refractivity contribution in [3.63, 3.8) is 0 Å². The van der Waals surface area contributed by atoms with Gasteiger partial charge in [-0.25, -0.2) is 4.79 Å². The van der Waals surface area contributed by atoms with Crippen molar-refractivity contribution in [2.75, 3.05) is 25.6 Å². The molecule has 0 spiro atoms. The lowest BCUT2D eigenvalue weighted by Gasteiger charge is -2.23. The van der Waals surface area contributed by atoms with Crippen molar-refractivity contribution in [2.45, 2.75) is 18.9 Å². The van der Waals surface area contributed by atoms with Gasteiger partial charge in [-0.15, -0.1) is 0 Å². The molecule has 2 N–H and O–H groups in total. The molecule has 130 valence electrons. The topological polar surface area (TPSA) is 74.9 Å². The maximum absolute atomic E-state index is 12.6. The molecule has 0 saturated carbocycles. The van der Waals surface area contributed by atoms with Crippen molar-refractivity contribution >= 4 is 33.7 Å². The molecule has 1 aromatic heterocycles. The molecule has 4 rings (SSSR count). The molecule has 0 aliphatic carbocycles. The molecule has 1 fully saturated rings. The van der Waals surface area contributed by atoms with Gasteiger partial charge in [0.1, 0.15) is 16.9 Å². The van der Waals surface area contributed by atoms with Crippen molar-refractivity contribution < 1.29 is 19.1 Å².